The van der Waals surface area contributed by atoms with Crippen molar-refractivity contribution in [3.05, 3.63) is 19.2 Å². The molecule has 118 valence electrons. The van der Waals surface area contributed by atoms with E-state index in [9.17, 15) is 0 Å². The highest BCUT2D eigenvalue weighted by Gasteiger charge is 2.60. The Kier molecular flexibility index (Phi) is 3.30. The van der Waals surface area contributed by atoms with E-state index in [1.165, 1.54) is 51.5 Å². The minimum absolute atomic E-state index is 0.519. The normalized spacial score (nSPS) is 52.0. The monoisotopic (exact) mass is 287 g/mol. The molecule has 1 aliphatic heterocycles. The van der Waals surface area contributed by atoms with Gasteiger partial charge in [0.1, 0.15) is 0 Å². The average molecular weight is 287 g/mol. The van der Waals surface area contributed by atoms with E-state index in [1.807, 2.05) is 0 Å². The minimum atomic E-state index is 0.519. The highest BCUT2D eigenvalue weighted by molar-refractivity contribution is 5.17. The van der Waals surface area contributed by atoms with E-state index in [0.29, 0.717) is 5.41 Å². The van der Waals surface area contributed by atoms with Gasteiger partial charge in [-0.1, -0.05) is 32.4 Å². The molecule has 0 spiro atoms. The first-order valence-corrected chi connectivity index (χ1v) is 9.37. The van der Waals surface area contributed by atoms with Crippen molar-refractivity contribution in [2.45, 2.75) is 64.8 Å². The molecule has 0 aromatic carbocycles. The van der Waals surface area contributed by atoms with Crippen LogP contribution in [0.1, 0.15) is 58.8 Å². The zero-order valence-corrected chi connectivity index (χ0v) is 14.0. The Morgan fingerprint density at radius 3 is 2.67 bits per heavy atom. The quantitative estimate of drug-likeness (QED) is 0.514. The van der Waals surface area contributed by atoms with Gasteiger partial charge in [-0.15, -0.1) is 0 Å². The van der Waals surface area contributed by atoms with Gasteiger partial charge in [-0.05, 0) is 61.7 Å². The van der Waals surface area contributed by atoms with E-state index in [1.54, 1.807) is 10.5 Å². The topological polar surface area (TPSA) is 4.44 Å². The summed E-state index contributed by atoms with van der Waals surface area (Å²) in [6.07, 6.45) is 9.97. The maximum Gasteiger partial charge on any atom is 0.0738 e. The summed E-state index contributed by atoms with van der Waals surface area (Å²) in [7, 11) is 4.56. The lowest BCUT2D eigenvalue weighted by Gasteiger charge is -2.65. The molecule has 1 saturated heterocycles. The number of nitrogens with one attached hydrogen (secondary N) is 1. The molecule has 4 fully saturated rings. The lowest BCUT2D eigenvalue weighted by Crippen LogP contribution is -3.15. The largest absolute Gasteiger partial charge is 0.465 e. The predicted octanol–water partition coefficient (Wildman–Crippen LogP) is 3.48. The minimum Gasteiger partial charge on any atom is -0.465 e. The molecule has 1 N–H and O–H groups in total. The van der Waals surface area contributed by atoms with Crippen LogP contribution in [0.4, 0.5) is 0 Å². The zero-order valence-electron chi connectivity index (χ0n) is 14.0. The molecule has 21 heavy (non-hydrogen) atoms. The van der Waals surface area contributed by atoms with Gasteiger partial charge in [-0.25, -0.2) is 0 Å². The molecule has 3 saturated carbocycles. The van der Waals surface area contributed by atoms with Crippen LogP contribution in [0.3, 0.4) is 0 Å². The fraction of sp³-hybridized carbons (Fsp3) is 0.850. The van der Waals surface area contributed by atoms with Crippen molar-refractivity contribution in [3.63, 3.8) is 0 Å². The number of piperidine rings is 1. The molecule has 1 nitrogen and oxygen atoms in total. The van der Waals surface area contributed by atoms with Crippen LogP contribution in [0.2, 0.25) is 0 Å². The molecule has 1 heterocycles. The first-order chi connectivity index (χ1) is 10.0. The van der Waals surface area contributed by atoms with Crippen molar-refractivity contribution >= 4 is 0 Å². The average Bonchev–Trinajstić information content (AvgIpc) is 2.46. The fourth-order valence-electron chi connectivity index (χ4n) is 7.16. The molecule has 0 amide bonds. The molecule has 0 radical (unpaired) electrons. The van der Waals surface area contributed by atoms with Crippen LogP contribution in [-0.4, -0.2) is 12.6 Å². The molecule has 3 aliphatic carbocycles. The summed E-state index contributed by atoms with van der Waals surface area (Å²) in [5.74, 6) is 4.52. The van der Waals surface area contributed by atoms with Gasteiger partial charge in [0.25, 0.3) is 0 Å². The third-order valence-corrected chi connectivity index (χ3v) is 8.04. The highest BCUT2D eigenvalue weighted by Crippen LogP contribution is 2.61. The molecule has 1 heteroatoms. The summed E-state index contributed by atoms with van der Waals surface area (Å²) in [6, 6.07) is 0.792. The third-order valence-electron chi connectivity index (χ3n) is 8.04. The van der Waals surface area contributed by atoms with Crippen LogP contribution < -0.4 is 4.90 Å². The van der Waals surface area contributed by atoms with E-state index < -0.39 is 0 Å². The summed E-state index contributed by atoms with van der Waals surface area (Å²) >= 11 is 0. The number of rotatable bonds is 0. The van der Waals surface area contributed by atoms with Crippen molar-refractivity contribution in [2.24, 2.45) is 35.0 Å². The van der Waals surface area contributed by atoms with Crippen molar-refractivity contribution in [3.8, 4) is 0 Å². The molecule has 4 aliphatic rings. The second-order valence-electron chi connectivity index (χ2n) is 9.10. The van der Waals surface area contributed by atoms with Crippen molar-refractivity contribution in [2.75, 3.05) is 6.54 Å². The number of fused-ring (bicyclic) bond motifs is 2. The summed E-state index contributed by atoms with van der Waals surface area (Å²) in [4.78, 5) is 1.59. The van der Waals surface area contributed by atoms with Gasteiger partial charge < -0.3 is 4.90 Å². The smallest absolute Gasteiger partial charge is 0.0738 e. The van der Waals surface area contributed by atoms with Gasteiger partial charge in [0.05, 0.1) is 12.6 Å². The zero-order chi connectivity index (χ0) is 14.8. The lowest BCUT2D eigenvalue weighted by atomic mass is 9.44. The molecule has 4 rings (SSSR count). The van der Waals surface area contributed by atoms with E-state index in [0.717, 1.165) is 35.6 Å². The number of likely N-dealkylation sites (tertiary alicyclic amines) is 1. The third kappa shape index (κ3) is 1.92. The Bertz CT molecular complexity index is 437. The van der Waals surface area contributed by atoms with E-state index >= 15 is 0 Å². The Hall–Kier alpha value is -0.300. The standard InChI is InChI=1S/C20H33N/c1-13-7-5-9-15-17(13)19-18-14(11-12-21(19)4)8-6-10-16(18)20(15,2)3/h14-19,21H,1,4-12H2,2-3H3. The van der Waals surface area contributed by atoms with Gasteiger partial charge in [0.2, 0.25) is 0 Å². The first-order valence-electron chi connectivity index (χ1n) is 9.37. The summed E-state index contributed by atoms with van der Waals surface area (Å²) in [5, 5.41) is 0. The first kappa shape index (κ1) is 14.3. The molecule has 7 atom stereocenters. The van der Waals surface area contributed by atoms with Crippen LogP contribution in [0.15, 0.2) is 12.2 Å². The molecular formula is C20H33N. The molecule has 0 aromatic heterocycles. The van der Waals surface area contributed by atoms with Gasteiger partial charge in [0, 0.05) is 11.8 Å². The van der Waals surface area contributed by atoms with Crippen LogP contribution in [0, 0.1) is 42.1 Å². The Morgan fingerprint density at radius 1 is 1.10 bits per heavy atom. The van der Waals surface area contributed by atoms with Gasteiger partial charge in [0.15, 0.2) is 0 Å². The second-order valence-corrected chi connectivity index (χ2v) is 9.10. The number of quaternary nitrogens is 1. The van der Waals surface area contributed by atoms with Gasteiger partial charge in [-0.3, -0.25) is 0 Å². The SMILES string of the molecule is C=C1CCCC2C1C1C3C(CCCC3C2(C)C)CC[NH+]1[CH2-]. The Labute approximate surface area is 131 Å². The van der Waals surface area contributed by atoms with Crippen molar-refractivity contribution in [1.29, 1.82) is 0 Å². The van der Waals surface area contributed by atoms with Gasteiger partial charge >= 0.3 is 0 Å². The van der Waals surface area contributed by atoms with Crippen LogP contribution in [0.5, 0.6) is 0 Å². The molecule has 0 aromatic rings. The number of hydrogen-bond acceptors (Lipinski definition) is 0. The second kappa shape index (κ2) is 4.85. The Morgan fingerprint density at radius 2 is 1.86 bits per heavy atom. The summed E-state index contributed by atoms with van der Waals surface area (Å²) in [5.41, 5.74) is 2.10. The molecule has 7 unspecified atom stereocenters. The molecular weight excluding hydrogens is 254 g/mol. The maximum atomic E-state index is 4.56. The van der Waals surface area contributed by atoms with E-state index in [4.69, 9.17) is 0 Å². The predicted molar refractivity (Wildman–Crippen MR) is 87.7 cm³/mol. The summed E-state index contributed by atoms with van der Waals surface area (Å²) in [6.45, 7) is 11.0. The lowest BCUT2D eigenvalue weighted by molar-refractivity contribution is -0.901. The van der Waals surface area contributed by atoms with E-state index in [-0.39, 0.29) is 0 Å². The number of hydrogen-bond donors (Lipinski definition) is 1. The van der Waals surface area contributed by atoms with Crippen molar-refractivity contribution in [1.82, 2.24) is 0 Å². The highest BCUT2D eigenvalue weighted by atomic mass is 15.2. The fourth-order valence-corrected chi connectivity index (χ4v) is 7.16. The van der Waals surface area contributed by atoms with Crippen LogP contribution in [-0.2, 0) is 0 Å². The Balaban J connectivity index is 1.80. The molecule has 0 bridgehead atoms. The maximum absolute atomic E-state index is 4.56. The summed E-state index contributed by atoms with van der Waals surface area (Å²) < 4.78 is 0. The van der Waals surface area contributed by atoms with Crippen molar-refractivity contribution < 1.29 is 4.90 Å². The van der Waals surface area contributed by atoms with E-state index in [2.05, 4.69) is 27.5 Å². The van der Waals surface area contributed by atoms with Crippen LogP contribution >= 0.6 is 0 Å². The van der Waals surface area contributed by atoms with Crippen LogP contribution in [0.25, 0.3) is 0 Å². The van der Waals surface area contributed by atoms with Gasteiger partial charge in [-0.2, -0.15) is 7.05 Å².